The van der Waals surface area contributed by atoms with Crippen LogP contribution in [0.4, 0.5) is 0 Å². The van der Waals surface area contributed by atoms with E-state index in [1.807, 2.05) is 19.1 Å². The molecule has 0 aliphatic heterocycles. The van der Waals surface area contributed by atoms with Crippen LogP contribution in [0.1, 0.15) is 15.9 Å². The van der Waals surface area contributed by atoms with Crippen LogP contribution in [0.3, 0.4) is 0 Å². The quantitative estimate of drug-likeness (QED) is 0.754. The summed E-state index contributed by atoms with van der Waals surface area (Å²) in [5, 5.41) is 9.74. The molecule has 2 aromatic rings. The van der Waals surface area contributed by atoms with Crippen LogP contribution < -0.4 is 0 Å². The predicted molar refractivity (Wildman–Crippen MR) is 58.4 cm³/mol. The highest BCUT2D eigenvalue weighted by molar-refractivity contribution is 6.32. The zero-order valence-electron chi connectivity index (χ0n) is 7.99. The van der Waals surface area contributed by atoms with Crippen LogP contribution in [0, 0.1) is 6.92 Å². The molecule has 76 valence electrons. The van der Waals surface area contributed by atoms with Crippen LogP contribution >= 0.6 is 11.6 Å². The SMILES string of the molecule is Cc1cccc2nc(Cl)c(C(=O)O)cc12. The third kappa shape index (κ3) is 1.66. The molecular weight excluding hydrogens is 214 g/mol. The van der Waals surface area contributed by atoms with Crippen LogP contribution in [0.5, 0.6) is 0 Å². The average Bonchev–Trinajstić information content (AvgIpc) is 2.16. The molecule has 0 saturated carbocycles. The van der Waals surface area contributed by atoms with E-state index >= 15 is 0 Å². The van der Waals surface area contributed by atoms with Crippen molar-refractivity contribution in [3.8, 4) is 0 Å². The number of hydrogen-bond acceptors (Lipinski definition) is 2. The van der Waals surface area contributed by atoms with Gasteiger partial charge in [-0.3, -0.25) is 0 Å². The Labute approximate surface area is 91.3 Å². The van der Waals surface area contributed by atoms with Gasteiger partial charge in [0.15, 0.2) is 0 Å². The zero-order chi connectivity index (χ0) is 11.0. The van der Waals surface area contributed by atoms with E-state index in [4.69, 9.17) is 16.7 Å². The fraction of sp³-hybridized carbons (Fsp3) is 0.0909. The molecule has 0 amide bonds. The molecule has 0 saturated heterocycles. The lowest BCUT2D eigenvalue weighted by Gasteiger charge is -2.04. The summed E-state index contributed by atoms with van der Waals surface area (Å²) in [7, 11) is 0. The Kier molecular flexibility index (Phi) is 2.32. The Hall–Kier alpha value is -1.61. The number of carboxylic acids is 1. The maximum absolute atomic E-state index is 10.9. The summed E-state index contributed by atoms with van der Waals surface area (Å²) in [6.07, 6.45) is 0. The first-order chi connectivity index (χ1) is 7.09. The second-order valence-corrected chi connectivity index (χ2v) is 3.63. The number of aromatic nitrogens is 1. The van der Waals surface area contributed by atoms with E-state index in [9.17, 15) is 4.79 Å². The Balaban J connectivity index is 2.83. The molecule has 1 heterocycles. The van der Waals surface area contributed by atoms with Gasteiger partial charge in [0.1, 0.15) is 5.15 Å². The van der Waals surface area contributed by atoms with Crippen LogP contribution in [-0.4, -0.2) is 16.1 Å². The summed E-state index contributed by atoms with van der Waals surface area (Å²) in [6, 6.07) is 7.13. The Morgan fingerprint density at radius 1 is 1.47 bits per heavy atom. The first-order valence-electron chi connectivity index (χ1n) is 4.39. The highest BCUT2D eigenvalue weighted by atomic mass is 35.5. The van der Waals surface area contributed by atoms with Gasteiger partial charge in [0.05, 0.1) is 11.1 Å². The van der Waals surface area contributed by atoms with Gasteiger partial charge in [0, 0.05) is 5.39 Å². The van der Waals surface area contributed by atoms with Crippen molar-refractivity contribution in [1.29, 1.82) is 0 Å². The minimum atomic E-state index is -1.06. The number of fused-ring (bicyclic) bond motifs is 1. The summed E-state index contributed by atoms with van der Waals surface area (Å²) < 4.78 is 0. The Morgan fingerprint density at radius 2 is 2.20 bits per heavy atom. The maximum Gasteiger partial charge on any atom is 0.338 e. The number of nitrogens with zero attached hydrogens (tertiary/aromatic N) is 1. The molecule has 1 aromatic carbocycles. The van der Waals surface area contributed by atoms with E-state index in [1.165, 1.54) is 0 Å². The molecular formula is C11H8ClNO2. The molecule has 0 bridgehead atoms. The number of pyridine rings is 1. The number of benzene rings is 1. The molecule has 1 N–H and O–H groups in total. The number of carboxylic acid groups (broad SMARTS) is 1. The molecule has 4 heteroatoms. The number of halogens is 1. The van der Waals surface area contributed by atoms with E-state index in [0.29, 0.717) is 5.52 Å². The predicted octanol–water partition coefficient (Wildman–Crippen LogP) is 2.89. The van der Waals surface area contributed by atoms with Gasteiger partial charge in [-0.15, -0.1) is 0 Å². The summed E-state index contributed by atoms with van der Waals surface area (Å²) in [5.41, 5.74) is 1.74. The molecule has 1 aromatic heterocycles. The number of aryl methyl sites for hydroxylation is 1. The molecule has 15 heavy (non-hydrogen) atoms. The normalized spacial score (nSPS) is 10.5. The van der Waals surface area contributed by atoms with Gasteiger partial charge in [0.25, 0.3) is 0 Å². The highest BCUT2D eigenvalue weighted by Gasteiger charge is 2.11. The van der Waals surface area contributed by atoms with E-state index in [-0.39, 0.29) is 10.7 Å². The lowest BCUT2D eigenvalue weighted by atomic mass is 10.1. The van der Waals surface area contributed by atoms with Crippen LogP contribution in [0.25, 0.3) is 10.9 Å². The van der Waals surface area contributed by atoms with Crippen LogP contribution in [-0.2, 0) is 0 Å². The summed E-state index contributed by atoms with van der Waals surface area (Å²) in [4.78, 5) is 14.9. The van der Waals surface area contributed by atoms with Gasteiger partial charge in [-0.05, 0) is 24.6 Å². The standard InChI is InChI=1S/C11H8ClNO2/c1-6-3-2-4-9-7(6)5-8(11(14)15)10(12)13-9/h2-5H,1H3,(H,14,15). The maximum atomic E-state index is 10.9. The van der Waals surface area contributed by atoms with Crippen molar-refractivity contribution in [2.45, 2.75) is 6.92 Å². The lowest BCUT2D eigenvalue weighted by molar-refractivity contribution is 0.0697. The van der Waals surface area contributed by atoms with Crippen LogP contribution in [0.15, 0.2) is 24.3 Å². The van der Waals surface area contributed by atoms with Crippen molar-refractivity contribution < 1.29 is 9.90 Å². The van der Waals surface area contributed by atoms with Crippen molar-refractivity contribution in [3.05, 3.63) is 40.5 Å². The van der Waals surface area contributed by atoms with Gasteiger partial charge in [0.2, 0.25) is 0 Å². The monoisotopic (exact) mass is 221 g/mol. The second-order valence-electron chi connectivity index (χ2n) is 3.27. The number of hydrogen-bond donors (Lipinski definition) is 1. The fourth-order valence-electron chi connectivity index (χ4n) is 1.47. The smallest absolute Gasteiger partial charge is 0.338 e. The molecule has 0 aliphatic rings. The summed E-state index contributed by atoms with van der Waals surface area (Å²) in [6.45, 7) is 1.91. The molecule has 2 rings (SSSR count). The fourth-order valence-corrected chi connectivity index (χ4v) is 1.70. The van der Waals surface area contributed by atoms with Gasteiger partial charge in [-0.1, -0.05) is 23.7 Å². The topological polar surface area (TPSA) is 50.2 Å². The van der Waals surface area contributed by atoms with E-state index in [0.717, 1.165) is 10.9 Å². The lowest BCUT2D eigenvalue weighted by Crippen LogP contribution is -1.99. The molecule has 0 unspecified atom stereocenters. The molecule has 3 nitrogen and oxygen atoms in total. The number of aromatic carboxylic acids is 1. The van der Waals surface area contributed by atoms with E-state index in [2.05, 4.69) is 4.98 Å². The third-order valence-electron chi connectivity index (χ3n) is 2.26. The minimum absolute atomic E-state index is 0.0283. The molecule has 0 spiro atoms. The Morgan fingerprint density at radius 3 is 2.87 bits per heavy atom. The highest BCUT2D eigenvalue weighted by Crippen LogP contribution is 2.22. The molecule has 0 fully saturated rings. The van der Waals surface area contributed by atoms with Crippen molar-refractivity contribution in [1.82, 2.24) is 4.98 Å². The largest absolute Gasteiger partial charge is 0.478 e. The van der Waals surface area contributed by atoms with Gasteiger partial charge >= 0.3 is 5.97 Å². The van der Waals surface area contributed by atoms with Crippen molar-refractivity contribution in [3.63, 3.8) is 0 Å². The second kappa shape index (κ2) is 3.51. The van der Waals surface area contributed by atoms with Crippen molar-refractivity contribution in [2.75, 3.05) is 0 Å². The summed E-state index contributed by atoms with van der Waals surface area (Å²) >= 11 is 5.76. The van der Waals surface area contributed by atoms with Gasteiger partial charge in [-0.2, -0.15) is 0 Å². The Bertz CT molecular complexity index is 552. The summed E-state index contributed by atoms with van der Waals surface area (Å²) in [5.74, 6) is -1.06. The minimum Gasteiger partial charge on any atom is -0.478 e. The number of rotatable bonds is 1. The first-order valence-corrected chi connectivity index (χ1v) is 4.76. The molecule has 0 aliphatic carbocycles. The molecule has 0 atom stereocenters. The van der Waals surface area contributed by atoms with E-state index < -0.39 is 5.97 Å². The molecule has 0 radical (unpaired) electrons. The van der Waals surface area contributed by atoms with Crippen molar-refractivity contribution in [2.24, 2.45) is 0 Å². The van der Waals surface area contributed by atoms with Gasteiger partial charge in [-0.25, -0.2) is 9.78 Å². The zero-order valence-corrected chi connectivity index (χ0v) is 8.75. The van der Waals surface area contributed by atoms with Crippen LogP contribution in [0.2, 0.25) is 5.15 Å². The van der Waals surface area contributed by atoms with E-state index in [1.54, 1.807) is 12.1 Å². The average molecular weight is 222 g/mol. The first kappa shape index (κ1) is 9.93. The van der Waals surface area contributed by atoms with Crippen molar-refractivity contribution >= 4 is 28.5 Å². The third-order valence-corrected chi connectivity index (χ3v) is 2.55. The number of carbonyl (C=O) groups is 1. The van der Waals surface area contributed by atoms with Gasteiger partial charge < -0.3 is 5.11 Å².